The van der Waals surface area contributed by atoms with Crippen LogP contribution in [0.25, 0.3) is 0 Å². The van der Waals surface area contributed by atoms with Crippen LogP contribution in [-0.2, 0) is 42.7 Å². The molecule has 0 heterocycles. The van der Waals surface area contributed by atoms with Crippen molar-refractivity contribution in [3.8, 4) is 0 Å². The van der Waals surface area contributed by atoms with E-state index in [1.165, 1.54) is 13.8 Å². The fourth-order valence-corrected chi connectivity index (χ4v) is 13.5. The molecule has 0 aromatic heterocycles. The van der Waals surface area contributed by atoms with Crippen LogP contribution in [0.5, 0.6) is 0 Å². The SMILES string of the molecule is C=C(C)C(=O)OCCNC(=O)OCC1C(C)CC(C)C(C(=O)P(=O)(C(=O)C2C(C)CC(C)C(COC(=O)NCCOC(=O)C(=C)C)C2C)C2CCCCC2)C1C. The number of carbonyl (C=O) groups is 6. The molecule has 2 N–H and O–H groups in total. The average Bonchev–Trinajstić information content (AvgIpc) is 3.14. The number of rotatable bonds is 17. The van der Waals surface area contributed by atoms with Gasteiger partial charge < -0.3 is 34.1 Å². The fraction of sp³-hybridized carbons (Fsp3) is 0.762. The highest BCUT2D eigenvalue weighted by Gasteiger charge is 2.57. The molecular weight excluding hydrogens is 739 g/mol. The average molecular weight is 807 g/mol. The fourth-order valence-electron chi connectivity index (χ4n) is 9.63. The zero-order valence-corrected chi connectivity index (χ0v) is 35.8. The molecule has 3 aliphatic carbocycles. The van der Waals surface area contributed by atoms with Gasteiger partial charge in [0.25, 0.3) is 0 Å². The number of alkyl carbamates (subject to hydrolysis) is 2. The van der Waals surface area contributed by atoms with E-state index < -0.39 is 59.8 Å². The molecule has 3 rings (SSSR count). The van der Waals surface area contributed by atoms with Gasteiger partial charge in [0.15, 0.2) is 0 Å². The van der Waals surface area contributed by atoms with Crippen LogP contribution >= 0.6 is 7.14 Å². The lowest BCUT2D eigenvalue weighted by molar-refractivity contribution is -0.139. The molecule has 0 aromatic carbocycles. The summed E-state index contributed by atoms with van der Waals surface area (Å²) in [4.78, 5) is 78.6. The van der Waals surface area contributed by atoms with Gasteiger partial charge in [-0.1, -0.05) is 74.0 Å². The Hall–Kier alpha value is -3.47. The molecule has 0 aromatic rings. The van der Waals surface area contributed by atoms with Crippen LogP contribution in [-0.4, -0.2) is 80.3 Å². The Bertz CT molecular complexity index is 1410. The number of hydrogen-bond acceptors (Lipinski definition) is 11. The molecule has 0 saturated heterocycles. The van der Waals surface area contributed by atoms with Gasteiger partial charge in [0.2, 0.25) is 18.2 Å². The van der Waals surface area contributed by atoms with Gasteiger partial charge in [0.05, 0.1) is 26.3 Å². The topological polar surface area (TPSA) is 180 Å². The van der Waals surface area contributed by atoms with E-state index in [4.69, 9.17) is 18.9 Å². The standard InChI is InChI=1S/C42H67N2O11P/c1-24(2)37(45)52-18-16-43-41(49)54-22-33-26(5)20-28(7)35(30(33)9)39(47)56(51,32-14-12-11-13-15-32)40(48)36-29(8)21-27(6)34(31(36)10)23-55-42(50)44-17-19-53-38(46)25(3)4/h26-36H,1,3,11-23H2,2,4-10H3,(H,43,49)(H,44,50). The van der Waals surface area contributed by atoms with Gasteiger partial charge in [-0.3, -0.25) is 9.59 Å². The maximum Gasteiger partial charge on any atom is 0.407 e. The maximum atomic E-state index is 15.8. The molecule has 3 saturated carbocycles. The van der Waals surface area contributed by atoms with Gasteiger partial charge in [0.1, 0.15) is 13.2 Å². The molecule has 10 unspecified atom stereocenters. The molecule has 0 radical (unpaired) electrons. The molecule has 2 amide bonds. The summed E-state index contributed by atoms with van der Waals surface area (Å²) in [5.41, 5.74) is -0.839. The van der Waals surface area contributed by atoms with Gasteiger partial charge in [0, 0.05) is 28.6 Å². The molecule has 13 nitrogen and oxygen atoms in total. The second kappa shape index (κ2) is 21.3. The Kier molecular flexibility index (Phi) is 17.9. The van der Waals surface area contributed by atoms with E-state index >= 15 is 14.2 Å². The Morgan fingerprint density at radius 1 is 0.589 bits per heavy atom. The zero-order chi connectivity index (χ0) is 41.9. The summed E-state index contributed by atoms with van der Waals surface area (Å²) in [6.45, 7) is 22.3. The highest BCUT2D eigenvalue weighted by atomic mass is 31.2. The third-order valence-electron chi connectivity index (χ3n) is 12.7. The summed E-state index contributed by atoms with van der Waals surface area (Å²) >= 11 is 0. The smallest absolute Gasteiger partial charge is 0.407 e. The van der Waals surface area contributed by atoms with Gasteiger partial charge in [-0.25, -0.2) is 19.2 Å². The van der Waals surface area contributed by atoms with Crippen molar-refractivity contribution in [3.05, 3.63) is 24.3 Å². The van der Waals surface area contributed by atoms with Gasteiger partial charge in [-0.15, -0.1) is 0 Å². The van der Waals surface area contributed by atoms with E-state index in [-0.39, 0.29) is 98.0 Å². The molecule has 14 heteroatoms. The van der Waals surface area contributed by atoms with E-state index in [9.17, 15) is 19.2 Å². The van der Waals surface area contributed by atoms with Crippen LogP contribution in [0.1, 0.15) is 100 Å². The minimum absolute atomic E-state index is 0.0355. The van der Waals surface area contributed by atoms with Crippen LogP contribution in [0.4, 0.5) is 9.59 Å². The third-order valence-corrected chi connectivity index (χ3v) is 16.1. The van der Waals surface area contributed by atoms with Gasteiger partial charge in [-0.05, 0) is 86.9 Å². The van der Waals surface area contributed by atoms with E-state index in [1.54, 1.807) is 0 Å². The summed E-state index contributed by atoms with van der Waals surface area (Å²) in [5.74, 6) is -3.47. The lowest BCUT2D eigenvalue weighted by atomic mass is 9.64. The first kappa shape index (κ1) is 46.9. The summed E-state index contributed by atoms with van der Waals surface area (Å²) in [6, 6.07) is 0. The first-order chi connectivity index (χ1) is 26.3. The first-order valence-electron chi connectivity index (χ1n) is 20.5. The second-order valence-electron chi connectivity index (χ2n) is 17.0. The van der Waals surface area contributed by atoms with Crippen LogP contribution in [0.3, 0.4) is 0 Å². The molecule has 56 heavy (non-hydrogen) atoms. The number of hydrogen-bond donors (Lipinski definition) is 2. The van der Waals surface area contributed by atoms with Crippen molar-refractivity contribution >= 4 is 42.3 Å². The molecule has 3 fully saturated rings. The van der Waals surface area contributed by atoms with Crippen molar-refractivity contribution in [3.63, 3.8) is 0 Å². The van der Waals surface area contributed by atoms with Crippen LogP contribution in [0.2, 0.25) is 0 Å². The molecule has 0 aliphatic heterocycles. The van der Waals surface area contributed by atoms with E-state index in [1.807, 2.05) is 27.7 Å². The molecule has 3 aliphatic rings. The Labute approximate surface area is 333 Å². The van der Waals surface area contributed by atoms with Crippen LogP contribution in [0, 0.1) is 59.2 Å². The Morgan fingerprint density at radius 2 is 0.964 bits per heavy atom. The van der Waals surface area contributed by atoms with Crippen molar-refractivity contribution in [2.45, 2.75) is 106 Å². The van der Waals surface area contributed by atoms with Crippen molar-refractivity contribution in [1.29, 1.82) is 0 Å². The number of ether oxygens (including phenoxy) is 4. The number of nitrogens with one attached hydrogen (secondary N) is 2. The minimum atomic E-state index is -4.11. The maximum absolute atomic E-state index is 15.8. The second-order valence-corrected chi connectivity index (χ2v) is 19.9. The van der Waals surface area contributed by atoms with Crippen molar-refractivity contribution in [2.24, 2.45) is 59.2 Å². The number of esters is 2. The normalized spacial score (nSPS) is 30.4. The van der Waals surface area contributed by atoms with Crippen molar-refractivity contribution in [2.75, 3.05) is 39.5 Å². The predicted octanol–water partition coefficient (Wildman–Crippen LogP) is 7.52. The predicted molar refractivity (Wildman–Crippen MR) is 213 cm³/mol. The molecule has 316 valence electrons. The highest BCUT2D eigenvalue weighted by molar-refractivity contribution is 7.94. The van der Waals surface area contributed by atoms with Gasteiger partial charge >= 0.3 is 24.1 Å². The monoisotopic (exact) mass is 806 g/mol. The summed E-state index contributed by atoms with van der Waals surface area (Å²) < 4.78 is 37.0. The lowest BCUT2D eigenvalue weighted by Gasteiger charge is -2.47. The number of amides is 2. The summed E-state index contributed by atoms with van der Waals surface area (Å²) in [6.07, 6.45) is 3.68. The Balaban J connectivity index is 1.77. The lowest BCUT2D eigenvalue weighted by Crippen LogP contribution is -2.47. The highest BCUT2D eigenvalue weighted by Crippen LogP contribution is 2.64. The largest absolute Gasteiger partial charge is 0.460 e. The first-order valence-corrected chi connectivity index (χ1v) is 22.2. The molecule has 10 atom stereocenters. The van der Waals surface area contributed by atoms with Crippen molar-refractivity contribution < 1.29 is 52.3 Å². The quantitative estimate of drug-likeness (QED) is 0.0488. The summed E-state index contributed by atoms with van der Waals surface area (Å²) in [5, 5.41) is 5.16. The van der Waals surface area contributed by atoms with Crippen LogP contribution < -0.4 is 10.6 Å². The van der Waals surface area contributed by atoms with Gasteiger partial charge in [-0.2, -0.15) is 0 Å². The third kappa shape index (κ3) is 11.8. The van der Waals surface area contributed by atoms with Crippen molar-refractivity contribution in [1.82, 2.24) is 10.6 Å². The van der Waals surface area contributed by atoms with E-state index in [2.05, 4.69) is 37.6 Å². The van der Waals surface area contributed by atoms with E-state index in [0.29, 0.717) is 25.7 Å². The Morgan fingerprint density at radius 3 is 1.32 bits per heavy atom. The summed E-state index contributed by atoms with van der Waals surface area (Å²) in [7, 11) is -4.11. The number of carbonyl (C=O) groups excluding carboxylic acids is 6. The minimum Gasteiger partial charge on any atom is -0.460 e. The molecular formula is C42H67N2O11P. The molecule has 0 bridgehead atoms. The van der Waals surface area contributed by atoms with E-state index in [0.717, 1.165) is 19.3 Å². The van der Waals surface area contributed by atoms with Crippen LogP contribution in [0.15, 0.2) is 24.3 Å². The zero-order valence-electron chi connectivity index (χ0n) is 34.9. The molecule has 0 spiro atoms.